The van der Waals surface area contributed by atoms with Crippen LogP contribution in [0.1, 0.15) is 16.8 Å². The van der Waals surface area contributed by atoms with E-state index in [1.165, 1.54) is 22.8 Å². The minimum atomic E-state index is -0.436. The molecule has 0 amide bonds. The van der Waals surface area contributed by atoms with E-state index in [0.29, 0.717) is 10.6 Å². The topological polar surface area (TPSA) is 54.7 Å². The van der Waals surface area contributed by atoms with E-state index in [1.54, 1.807) is 13.8 Å². The molecule has 0 spiro atoms. The minimum Gasteiger partial charge on any atom is -0.384 e. The van der Waals surface area contributed by atoms with Crippen LogP contribution in [-0.4, -0.2) is 4.57 Å². The van der Waals surface area contributed by atoms with Crippen molar-refractivity contribution in [3.8, 4) is 11.8 Å². The molecule has 0 unspecified atom stereocenters. The number of nitrogens with zero attached hydrogens (tertiary/aromatic N) is 2. The van der Waals surface area contributed by atoms with Gasteiger partial charge in [-0.15, -0.1) is 0 Å². The van der Waals surface area contributed by atoms with Gasteiger partial charge in [-0.25, -0.2) is 4.39 Å². The molecule has 18 heavy (non-hydrogen) atoms. The Balaban J connectivity index is 2.80. The van der Waals surface area contributed by atoms with Crippen LogP contribution in [0.5, 0.6) is 0 Å². The number of hydrogen-bond donors (Lipinski definition) is 1. The Labute approximate surface area is 109 Å². The Morgan fingerprint density at radius 1 is 1.39 bits per heavy atom. The molecule has 0 saturated heterocycles. The average molecular weight is 264 g/mol. The van der Waals surface area contributed by atoms with Gasteiger partial charge in [-0.1, -0.05) is 11.6 Å². The van der Waals surface area contributed by atoms with Gasteiger partial charge in [0.2, 0.25) is 0 Å². The summed E-state index contributed by atoms with van der Waals surface area (Å²) in [5.41, 5.74) is 7.99. The zero-order chi connectivity index (χ0) is 13.4. The number of nitrogens with two attached hydrogens (primary N) is 1. The Kier molecular flexibility index (Phi) is 3.02. The van der Waals surface area contributed by atoms with Crippen LogP contribution >= 0.6 is 11.6 Å². The predicted molar refractivity (Wildman–Crippen MR) is 69.3 cm³/mol. The monoisotopic (exact) mass is 263 g/mol. The van der Waals surface area contributed by atoms with Crippen molar-refractivity contribution in [3.05, 3.63) is 45.9 Å². The maximum Gasteiger partial charge on any atom is 0.147 e. The van der Waals surface area contributed by atoms with Crippen LogP contribution in [0.25, 0.3) is 5.69 Å². The van der Waals surface area contributed by atoms with Crippen molar-refractivity contribution in [2.75, 3.05) is 5.73 Å². The fourth-order valence-electron chi connectivity index (χ4n) is 1.94. The molecule has 2 aromatic rings. The normalized spacial score (nSPS) is 10.4. The highest BCUT2D eigenvalue weighted by Crippen LogP contribution is 2.29. The second-order valence-electron chi connectivity index (χ2n) is 4.01. The van der Waals surface area contributed by atoms with Gasteiger partial charge >= 0.3 is 0 Å². The summed E-state index contributed by atoms with van der Waals surface area (Å²) >= 11 is 5.87. The van der Waals surface area contributed by atoms with Crippen LogP contribution < -0.4 is 5.73 Å². The molecule has 2 N–H and O–H groups in total. The fraction of sp³-hybridized carbons (Fsp3) is 0.154. The van der Waals surface area contributed by atoms with Crippen LogP contribution in [0.2, 0.25) is 5.02 Å². The number of anilines is 1. The molecule has 0 saturated carbocycles. The van der Waals surface area contributed by atoms with Crippen molar-refractivity contribution in [1.82, 2.24) is 4.57 Å². The molecular formula is C13H11ClFN3. The minimum absolute atomic E-state index is 0.230. The summed E-state index contributed by atoms with van der Waals surface area (Å²) in [6, 6.07) is 6.26. The summed E-state index contributed by atoms with van der Waals surface area (Å²) < 4.78 is 15.4. The molecule has 92 valence electrons. The highest BCUT2D eigenvalue weighted by Gasteiger charge is 2.18. The van der Waals surface area contributed by atoms with E-state index in [2.05, 4.69) is 0 Å². The zero-order valence-electron chi connectivity index (χ0n) is 9.96. The molecule has 1 heterocycles. The smallest absolute Gasteiger partial charge is 0.147 e. The van der Waals surface area contributed by atoms with Gasteiger partial charge in [-0.05, 0) is 37.6 Å². The maximum atomic E-state index is 13.8. The van der Waals surface area contributed by atoms with Crippen molar-refractivity contribution < 1.29 is 4.39 Å². The van der Waals surface area contributed by atoms with Crippen molar-refractivity contribution in [2.45, 2.75) is 13.8 Å². The highest BCUT2D eigenvalue weighted by molar-refractivity contribution is 6.30. The quantitative estimate of drug-likeness (QED) is 0.858. The number of hydrogen-bond acceptors (Lipinski definition) is 2. The molecule has 5 heteroatoms. The molecule has 0 radical (unpaired) electrons. The first-order valence-corrected chi connectivity index (χ1v) is 5.68. The molecule has 0 aliphatic heterocycles. The summed E-state index contributed by atoms with van der Waals surface area (Å²) in [5.74, 6) is -0.206. The predicted octanol–water partition coefficient (Wildman–Crippen LogP) is 3.34. The van der Waals surface area contributed by atoms with Gasteiger partial charge in [0.1, 0.15) is 17.7 Å². The SMILES string of the molecule is Cc1c(C#N)c(N)n(-c2cc(Cl)ccc2F)c1C. The lowest BCUT2D eigenvalue weighted by Crippen LogP contribution is -2.04. The molecule has 0 atom stereocenters. The second kappa shape index (κ2) is 4.35. The highest BCUT2D eigenvalue weighted by atomic mass is 35.5. The molecule has 1 aromatic heterocycles. The van der Waals surface area contributed by atoms with Gasteiger partial charge in [-0.2, -0.15) is 5.26 Å². The maximum absolute atomic E-state index is 13.8. The molecule has 3 nitrogen and oxygen atoms in total. The summed E-state index contributed by atoms with van der Waals surface area (Å²) in [4.78, 5) is 0. The number of halogens is 2. The van der Waals surface area contributed by atoms with Gasteiger partial charge in [0.25, 0.3) is 0 Å². The molecule has 0 aliphatic carbocycles. The van der Waals surface area contributed by atoms with E-state index in [1.807, 2.05) is 6.07 Å². The summed E-state index contributed by atoms with van der Waals surface area (Å²) in [5, 5.41) is 9.46. The van der Waals surface area contributed by atoms with Crippen LogP contribution in [0.3, 0.4) is 0 Å². The first kappa shape index (κ1) is 12.5. The Bertz CT molecular complexity index is 668. The van der Waals surface area contributed by atoms with Crippen LogP contribution in [0.15, 0.2) is 18.2 Å². The van der Waals surface area contributed by atoms with Crippen LogP contribution in [0.4, 0.5) is 10.2 Å². The third-order valence-corrected chi connectivity index (χ3v) is 3.25. The van der Waals surface area contributed by atoms with Crippen LogP contribution in [0, 0.1) is 31.0 Å². The van der Waals surface area contributed by atoms with Gasteiger partial charge < -0.3 is 5.73 Å². The molecular weight excluding hydrogens is 253 g/mol. The number of nitrogen functional groups attached to an aromatic ring is 1. The molecule has 1 aromatic carbocycles. The van der Waals surface area contributed by atoms with Crippen molar-refractivity contribution in [1.29, 1.82) is 5.26 Å². The third kappa shape index (κ3) is 1.73. The van der Waals surface area contributed by atoms with Crippen molar-refractivity contribution in [3.63, 3.8) is 0 Å². The van der Waals surface area contributed by atoms with Gasteiger partial charge in [0.15, 0.2) is 0 Å². The Hall–Kier alpha value is -1.99. The van der Waals surface area contributed by atoms with Gasteiger partial charge in [-0.3, -0.25) is 4.57 Å². The zero-order valence-corrected chi connectivity index (χ0v) is 10.7. The molecule has 2 rings (SSSR count). The lowest BCUT2D eigenvalue weighted by atomic mass is 10.2. The summed E-state index contributed by atoms with van der Waals surface area (Å²) in [7, 11) is 0. The largest absolute Gasteiger partial charge is 0.384 e. The van der Waals surface area contributed by atoms with Crippen LogP contribution in [-0.2, 0) is 0 Å². The Morgan fingerprint density at radius 2 is 2.06 bits per heavy atom. The van der Waals surface area contributed by atoms with E-state index in [4.69, 9.17) is 22.6 Å². The number of rotatable bonds is 1. The average Bonchev–Trinajstić information content (AvgIpc) is 2.54. The number of nitriles is 1. The molecule has 0 bridgehead atoms. The van der Waals surface area contributed by atoms with Crippen molar-refractivity contribution >= 4 is 17.4 Å². The Morgan fingerprint density at radius 3 is 2.61 bits per heavy atom. The molecule has 0 fully saturated rings. The first-order valence-electron chi connectivity index (χ1n) is 5.30. The molecule has 0 aliphatic rings. The number of benzene rings is 1. The fourth-order valence-corrected chi connectivity index (χ4v) is 2.11. The lowest BCUT2D eigenvalue weighted by molar-refractivity contribution is 0.617. The van der Waals surface area contributed by atoms with E-state index in [0.717, 1.165) is 11.3 Å². The number of aromatic nitrogens is 1. The van der Waals surface area contributed by atoms with Gasteiger partial charge in [0.05, 0.1) is 11.3 Å². The first-order chi connectivity index (χ1) is 8.47. The second-order valence-corrected chi connectivity index (χ2v) is 4.45. The lowest BCUT2D eigenvalue weighted by Gasteiger charge is -2.10. The van der Waals surface area contributed by atoms with Gasteiger partial charge in [0, 0.05) is 10.7 Å². The summed E-state index contributed by atoms with van der Waals surface area (Å²) in [6.45, 7) is 3.57. The van der Waals surface area contributed by atoms with Crippen molar-refractivity contribution in [2.24, 2.45) is 0 Å². The van der Waals surface area contributed by atoms with E-state index >= 15 is 0 Å². The van der Waals surface area contributed by atoms with E-state index < -0.39 is 5.82 Å². The van der Waals surface area contributed by atoms with E-state index in [-0.39, 0.29) is 11.5 Å². The van der Waals surface area contributed by atoms with E-state index in [9.17, 15) is 4.39 Å². The third-order valence-electron chi connectivity index (χ3n) is 3.01. The standard InChI is InChI=1S/C13H11ClFN3/c1-7-8(2)18(13(17)10(7)6-16)12-5-9(14)3-4-11(12)15/h3-5H,17H2,1-2H3. The summed E-state index contributed by atoms with van der Waals surface area (Å²) in [6.07, 6.45) is 0.